The summed E-state index contributed by atoms with van der Waals surface area (Å²) < 4.78 is 10.7. The molecule has 0 bridgehead atoms. The van der Waals surface area contributed by atoms with Crippen LogP contribution in [0.3, 0.4) is 0 Å². The second-order valence-corrected chi connectivity index (χ2v) is 4.09. The molecule has 0 spiro atoms. The molecule has 0 unspecified atom stereocenters. The SMILES string of the molecule is CC.COc1cc(-c2nnc(C)o2)cnc1C(C)C. The van der Waals surface area contributed by atoms with Crippen LogP contribution >= 0.6 is 0 Å². The Balaban J connectivity index is 0.000000861. The molecule has 2 aromatic heterocycles. The van der Waals surface area contributed by atoms with Crippen molar-refractivity contribution < 1.29 is 9.15 Å². The molecule has 2 aromatic rings. The van der Waals surface area contributed by atoms with Gasteiger partial charge in [-0.15, -0.1) is 10.2 Å². The maximum absolute atomic E-state index is 5.35. The third-order valence-corrected chi connectivity index (χ3v) is 2.42. The fourth-order valence-electron chi connectivity index (χ4n) is 1.58. The average Bonchev–Trinajstić information content (AvgIpc) is 2.87. The Kier molecular flexibility index (Phi) is 5.48. The Morgan fingerprint density at radius 2 is 1.89 bits per heavy atom. The summed E-state index contributed by atoms with van der Waals surface area (Å²) in [4.78, 5) is 4.38. The van der Waals surface area contributed by atoms with Gasteiger partial charge in [0.1, 0.15) is 5.75 Å². The zero-order valence-electron chi connectivity index (χ0n) is 12.4. The largest absolute Gasteiger partial charge is 0.495 e. The second kappa shape index (κ2) is 6.87. The van der Waals surface area contributed by atoms with Crippen molar-refractivity contribution in [2.45, 2.75) is 40.5 Å². The molecule has 0 radical (unpaired) electrons. The summed E-state index contributed by atoms with van der Waals surface area (Å²) in [7, 11) is 1.63. The van der Waals surface area contributed by atoms with Crippen LogP contribution in [0, 0.1) is 6.92 Å². The highest BCUT2D eigenvalue weighted by molar-refractivity contribution is 5.55. The maximum atomic E-state index is 5.35. The molecular formula is C14H21N3O2. The molecule has 104 valence electrons. The number of hydrogen-bond acceptors (Lipinski definition) is 5. The molecule has 0 saturated carbocycles. The zero-order chi connectivity index (χ0) is 14.4. The minimum atomic E-state index is 0.309. The van der Waals surface area contributed by atoms with Gasteiger partial charge in [-0.1, -0.05) is 27.7 Å². The Bertz CT molecular complexity index is 521. The number of aryl methyl sites for hydroxylation is 1. The zero-order valence-corrected chi connectivity index (χ0v) is 12.4. The van der Waals surface area contributed by atoms with Crippen LogP contribution in [-0.2, 0) is 0 Å². The predicted molar refractivity (Wildman–Crippen MR) is 74.3 cm³/mol. The highest BCUT2D eigenvalue weighted by atomic mass is 16.5. The fraction of sp³-hybridized carbons (Fsp3) is 0.500. The molecule has 5 heteroatoms. The average molecular weight is 263 g/mol. The molecule has 2 heterocycles. The van der Waals surface area contributed by atoms with Gasteiger partial charge in [0.25, 0.3) is 0 Å². The van der Waals surface area contributed by atoms with Crippen LogP contribution < -0.4 is 4.74 Å². The standard InChI is InChI=1S/C12H15N3O2.C2H6/c1-7(2)11-10(16-4)5-9(6-13-11)12-15-14-8(3)17-12;1-2/h5-7H,1-4H3;1-2H3. The van der Waals surface area contributed by atoms with Gasteiger partial charge in [-0.25, -0.2) is 0 Å². The molecule has 0 aliphatic rings. The van der Waals surface area contributed by atoms with E-state index in [9.17, 15) is 0 Å². The van der Waals surface area contributed by atoms with Crippen molar-refractivity contribution in [3.63, 3.8) is 0 Å². The topological polar surface area (TPSA) is 61.0 Å². The second-order valence-electron chi connectivity index (χ2n) is 4.09. The van der Waals surface area contributed by atoms with Crippen LogP contribution in [0.5, 0.6) is 5.75 Å². The molecule has 0 aliphatic carbocycles. The lowest BCUT2D eigenvalue weighted by molar-refractivity contribution is 0.404. The molecule has 0 N–H and O–H groups in total. The van der Waals surface area contributed by atoms with Crippen molar-refractivity contribution in [3.05, 3.63) is 23.8 Å². The molecule has 0 aromatic carbocycles. The number of nitrogens with zero attached hydrogens (tertiary/aromatic N) is 3. The molecule has 0 aliphatic heterocycles. The first-order valence-electron chi connectivity index (χ1n) is 6.46. The van der Waals surface area contributed by atoms with Gasteiger partial charge in [0, 0.05) is 13.1 Å². The minimum absolute atomic E-state index is 0.309. The molecule has 0 saturated heterocycles. The maximum Gasteiger partial charge on any atom is 0.249 e. The van der Waals surface area contributed by atoms with E-state index >= 15 is 0 Å². The molecular weight excluding hydrogens is 242 g/mol. The Morgan fingerprint density at radius 3 is 2.37 bits per heavy atom. The van der Waals surface area contributed by atoms with Gasteiger partial charge < -0.3 is 9.15 Å². The third kappa shape index (κ3) is 3.53. The van der Waals surface area contributed by atoms with Crippen LogP contribution in [0.4, 0.5) is 0 Å². The van der Waals surface area contributed by atoms with E-state index in [0.29, 0.717) is 17.7 Å². The predicted octanol–water partition coefficient (Wildman–Crippen LogP) is 3.60. The lowest BCUT2D eigenvalue weighted by Crippen LogP contribution is -1.98. The van der Waals surface area contributed by atoms with Crippen LogP contribution in [-0.4, -0.2) is 22.3 Å². The lowest BCUT2D eigenvalue weighted by atomic mass is 10.1. The number of hydrogen-bond donors (Lipinski definition) is 0. The Labute approximate surface area is 114 Å². The monoisotopic (exact) mass is 263 g/mol. The van der Waals surface area contributed by atoms with E-state index in [-0.39, 0.29) is 0 Å². The van der Waals surface area contributed by atoms with Crippen molar-refractivity contribution in [1.29, 1.82) is 0 Å². The first kappa shape index (κ1) is 15.1. The number of aromatic nitrogens is 3. The van der Waals surface area contributed by atoms with Crippen molar-refractivity contribution in [2.75, 3.05) is 7.11 Å². The van der Waals surface area contributed by atoms with E-state index in [1.165, 1.54) is 0 Å². The Morgan fingerprint density at radius 1 is 1.21 bits per heavy atom. The van der Waals surface area contributed by atoms with Gasteiger partial charge in [-0.05, 0) is 12.0 Å². The van der Waals surface area contributed by atoms with Crippen LogP contribution in [0.1, 0.15) is 45.2 Å². The fourth-order valence-corrected chi connectivity index (χ4v) is 1.58. The molecule has 19 heavy (non-hydrogen) atoms. The van der Waals surface area contributed by atoms with Gasteiger partial charge in [-0.2, -0.15) is 0 Å². The smallest absolute Gasteiger partial charge is 0.249 e. The quantitative estimate of drug-likeness (QED) is 0.846. The van der Waals surface area contributed by atoms with E-state index in [0.717, 1.165) is 17.0 Å². The summed E-state index contributed by atoms with van der Waals surface area (Å²) >= 11 is 0. The summed E-state index contributed by atoms with van der Waals surface area (Å²) in [6, 6.07) is 1.87. The first-order chi connectivity index (χ1) is 9.11. The van der Waals surface area contributed by atoms with E-state index in [1.807, 2.05) is 19.9 Å². The number of rotatable bonds is 3. The third-order valence-electron chi connectivity index (χ3n) is 2.42. The van der Waals surface area contributed by atoms with Crippen LogP contribution in [0.25, 0.3) is 11.5 Å². The van der Waals surface area contributed by atoms with E-state index in [4.69, 9.17) is 9.15 Å². The number of methoxy groups -OCH3 is 1. The molecule has 5 nitrogen and oxygen atoms in total. The van der Waals surface area contributed by atoms with Gasteiger partial charge in [0.15, 0.2) is 0 Å². The number of ether oxygens (including phenoxy) is 1. The van der Waals surface area contributed by atoms with Crippen molar-refractivity contribution in [1.82, 2.24) is 15.2 Å². The van der Waals surface area contributed by atoms with Crippen molar-refractivity contribution >= 4 is 0 Å². The summed E-state index contributed by atoms with van der Waals surface area (Å²) in [5.41, 5.74) is 1.69. The summed E-state index contributed by atoms with van der Waals surface area (Å²) in [6.45, 7) is 9.90. The molecule has 0 amide bonds. The first-order valence-corrected chi connectivity index (χ1v) is 6.46. The van der Waals surface area contributed by atoms with Crippen LogP contribution in [0.2, 0.25) is 0 Å². The molecule has 0 fully saturated rings. The highest BCUT2D eigenvalue weighted by Gasteiger charge is 2.13. The van der Waals surface area contributed by atoms with E-state index < -0.39 is 0 Å². The normalized spacial score (nSPS) is 10.1. The van der Waals surface area contributed by atoms with Gasteiger partial charge >= 0.3 is 0 Å². The summed E-state index contributed by atoms with van der Waals surface area (Å²) in [5, 5.41) is 7.74. The molecule has 0 atom stereocenters. The van der Waals surface area contributed by atoms with Gasteiger partial charge in [-0.3, -0.25) is 4.98 Å². The molecule has 2 rings (SSSR count). The van der Waals surface area contributed by atoms with Gasteiger partial charge in [0.2, 0.25) is 11.8 Å². The summed E-state index contributed by atoms with van der Waals surface area (Å²) in [5.74, 6) is 2.05. The van der Waals surface area contributed by atoms with E-state index in [2.05, 4.69) is 29.0 Å². The summed E-state index contributed by atoms with van der Waals surface area (Å²) in [6.07, 6.45) is 1.73. The minimum Gasteiger partial charge on any atom is -0.495 e. The van der Waals surface area contributed by atoms with Crippen LogP contribution in [0.15, 0.2) is 16.7 Å². The lowest BCUT2D eigenvalue weighted by Gasteiger charge is -2.10. The highest BCUT2D eigenvalue weighted by Crippen LogP contribution is 2.28. The van der Waals surface area contributed by atoms with E-state index in [1.54, 1.807) is 20.2 Å². The number of pyridine rings is 1. The van der Waals surface area contributed by atoms with Gasteiger partial charge in [0.05, 0.1) is 18.4 Å². The van der Waals surface area contributed by atoms with Crippen molar-refractivity contribution in [3.8, 4) is 17.2 Å². The Hall–Kier alpha value is -1.91. The van der Waals surface area contributed by atoms with Crippen molar-refractivity contribution in [2.24, 2.45) is 0 Å².